The third-order valence-corrected chi connectivity index (χ3v) is 12.3. The number of carbonyl (C=O) groups is 1. The van der Waals surface area contributed by atoms with E-state index in [-0.39, 0.29) is 12.5 Å². The van der Waals surface area contributed by atoms with Gasteiger partial charge in [0.2, 0.25) is 5.91 Å². The zero-order valence-electron chi connectivity index (χ0n) is 40.9. The molecule has 0 aromatic rings. The molecule has 61 heavy (non-hydrogen) atoms. The van der Waals surface area contributed by atoms with Gasteiger partial charge in [-0.05, 0) is 57.8 Å². The fourth-order valence-electron chi connectivity index (χ4n) is 8.17. The summed E-state index contributed by atoms with van der Waals surface area (Å²) in [5, 5.41) is 23.2. The summed E-state index contributed by atoms with van der Waals surface area (Å²) in [6.07, 6.45) is 73.7. The number of aliphatic hydroxyl groups is 2. The van der Waals surface area contributed by atoms with E-state index in [0.29, 0.717) is 6.42 Å². The maximum Gasteiger partial charge on any atom is 0.220 e. The van der Waals surface area contributed by atoms with Crippen LogP contribution in [0.4, 0.5) is 0 Å². The van der Waals surface area contributed by atoms with Gasteiger partial charge in [0.1, 0.15) is 0 Å². The highest BCUT2D eigenvalue weighted by molar-refractivity contribution is 5.76. The van der Waals surface area contributed by atoms with E-state index in [1.807, 2.05) is 6.08 Å². The SMILES string of the molecule is CC/C=C\C/C=C\C/C=C\C/C=C\CCCCCCCCCCCCCCC(=O)NC(CO)C(O)/C=C/CCCCCCCCCCCCCCCCCCCCCCCC. The van der Waals surface area contributed by atoms with Crippen molar-refractivity contribution in [2.24, 2.45) is 0 Å². The van der Waals surface area contributed by atoms with Crippen LogP contribution >= 0.6 is 0 Å². The number of aliphatic hydroxyl groups excluding tert-OH is 2. The lowest BCUT2D eigenvalue weighted by Gasteiger charge is -2.20. The fraction of sp³-hybridized carbons (Fsp3) is 0.807. The molecule has 0 aliphatic heterocycles. The molecule has 0 radical (unpaired) electrons. The second-order valence-electron chi connectivity index (χ2n) is 18.3. The fourth-order valence-corrected chi connectivity index (χ4v) is 8.17. The van der Waals surface area contributed by atoms with Gasteiger partial charge in [-0.25, -0.2) is 0 Å². The lowest BCUT2D eigenvalue weighted by molar-refractivity contribution is -0.123. The average molecular weight is 852 g/mol. The quantitative estimate of drug-likeness (QED) is 0.0422. The van der Waals surface area contributed by atoms with Crippen LogP contribution in [-0.2, 0) is 4.79 Å². The van der Waals surface area contributed by atoms with Crippen molar-refractivity contribution in [3.63, 3.8) is 0 Å². The number of allylic oxidation sites excluding steroid dienone is 9. The van der Waals surface area contributed by atoms with Crippen LogP contribution in [0.15, 0.2) is 60.8 Å². The minimum atomic E-state index is -0.843. The Kier molecular flexibility index (Phi) is 50.8. The summed E-state index contributed by atoms with van der Waals surface area (Å²) in [5.41, 5.74) is 0. The van der Waals surface area contributed by atoms with Crippen molar-refractivity contribution < 1.29 is 15.0 Å². The predicted molar refractivity (Wildman–Crippen MR) is 271 cm³/mol. The number of carbonyl (C=O) groups excluding carboxylic acids is 1. The van der Waals surface area contributed by atoms with Gasteiger partial charge >= 0.3 is 0 Å². The summed E-state index contributed by atoms with van der Waals surface area (Å²) < 4.78 is 0. The van der Waals surface area contributed by atoms with Crippen molar-refractivity contribution >= 4 is 5.91 Å². The predicted octanol–water partition coefficient (Wildman–Crippen LogP) is 17.6. The van der Waals surface area contributed by atoms with Crippen LogP contribution in [0.5, 0.6) is 0 Å². The standard InChI is InChI=1S/C57H105NO3/c1-3-5-7-9-11-13-15-17-19-21-23-25-27-29-31-33-35-37-39-41-43-45-47-49-51-53-57(61)58-55(54-59)56(60)52-50-48-46-44-42-40-38-36-34-32-30-28-26-24-22-20-18-16-14-12-10-8-6-4-2/h5,7,11,13,17,19,23,25,50,52,55-56,59-60H,3-4,6,8-10,12,14-16,18,20-22,24,26-49,51,53-54H2,1-2H3,(H,58,61)/b7-5-,13-11-,19-17-,25-23-,52-50+. The molecule has 0 aromatic carbocycles. The van der Waals surface area contributed by atoms with E-state index >= 15 is 0 Å². The van der Waals surface area contributed by atoms with E-state index in [1.165, 1.54) is 205 Å². The Morgan fingerprint density at radius 2 is 0.721 bits per heavy atom. The van der Waals surface area contributed by atoms with E-state index < -0.39 is 12.1 Å². The Labute approximate surface area is 381 Å². The summed E-state index contributed by atoms with van der Waals surface area (Å²) >= 11 is 0. The van der Waals surface area contributed by atoms with Crippen LogP contribution in [0.2, 0.25) is 0 Å². The second-order valence-corrected chi connectivity index (χ2v) is 18.3. The molecule has 2 unspecified atom stereocenters. The molecule has 0 aliphatic rings. The Morgan fingerprint density at radius 3 is 1.08 bits per heavy atom. The first-order valence-electron chi connectivity index (χ1n) is 27.0. The molecule has 0 saturated carbocycles. The maximum absolute atomic E-state index is 12.5. The first-order valence-corrected chi connectivity index (χ1v) is 27.0. The van der Waals surface area contributed by atoms with Gasteiger partial charge in [0, 0.05) is 6.42 Å². The van der Waals surface area contributed by atoms with E-state index in [9.17, 15) is 15.0 Å². The molecule has 4 nitrogen and oxygen atoms in total. The third-order valence-electron chi connectivity index (χ3n) is 12.3. The minimum Gasteiger partial charge on any atom is -0.394 e. The van der Waals surface area contributed by atoms with Crippen LogP contribution in [0.3, 0.4) is 0 Å². The molecule has 0 saturated heterocycles. The Balaban J connectivity index is 3.52. The Bertz CT molecular complexity index is 1010. The lowest BCUT2D eigenvalue weighted by Crippen LogP contribution is -2.45. The minimum absolute atomic E-state index is 0.0652. The molecule has 1 amide bonds. The van der Waals surface area contributed by atoms with Crippen molar-refractivity contribution in [3.8, 4) is 0 Å². The van der Waals surface area contributed by atoms with Gasteiger partial charge in [0.05, 0.1) is 18.8 Å². The topological polar surface area (TPSA) is 69.6 Å². The lowest BCUT2D eigenvalue weighted by atomic mass is 10.0. The zero-order valence-corrected chi connectivity index (χ0v) is 40.9. The molecular weight excluding hydrogens is 747 g/mol. The Hall–Kier alpha value is -1.91. The van der Waals surface area contributed by atoms with Crippen molar-refractivity contribution in [2.75, 3.05) is 6.61 Å². The van der Waals surface area contributed by atoms with Crippen molar-refractivity contribution in [3.05, 3.63) is 60.8 Å². The van der Waals surface area contributed by atoms with Crippen LogP contribution in [0.25, 0.3) is 0 Å². The van der Waals surface area contributed by atoms with E-state index in [1.54, 1.807) is 6.08 Å². The van der Waals surface area contributed by atoms with E-state index in [4.69, 9.17) is 0 Å². The van der Waals surface area contributed by atoms with Gasteiger partial charge in [-0.1, -0.05) is 274 Å². The van der Waals surface area contributed by atoms with Crippen LogP contribution in [0.1, 0.15) is 277 Å². The van der Waals surface area contributed by atoms with Crippen molar-refractivity contribution in [1.82, 2.24) is 5.32 Å². The number of nitrogens with one attached hydrogen (secondary N) is 1. The van der Waals surface area contributed by atoms with Crippen molar-refractivity contribution in [2.45, 2.75) is 289 Å². The van der Waals surface area contributed by atoms with Gasteiger partial charge < -0.3 is 15.5 Å². The first kappa shape index (κ1) is 59.1. The molecule has 0 aliphatic carbocycles. The van der Waals surface area contributed by atoms with Gasteiger partial charge in [-0.3, -0.25) is 4.79 Å². The second kappa shape index (κ2) is 52.4. The monoisotopic (exact) mass is 852 g/mol. The average Bonchev–Trinajstić information content (AvgIpc) is 3.26. The molecule has 0 rings (SSSR count). The molecule has 0 bridgehead atoms. The molecule has 3 N–H and O–H groups in total. The summed E-state index contributed by atoms with van der Waals surface area (Å²) in [6, 6.07) is -0.626. The van der Waals surface area contributed by atoms with Gasteiger partial charge in [0.15, 0.2) is 0 Å². The number of rotatable bonds is 49. The smallest absolute Gasteiger partial charge is 0.220 e. The van der Waals surface area contributed by atoms with E-state index in [0.717, 1.165) is 51.4 Å². The van der Waals surface area contributed by atoms with Gasteiger partial charge in [-0.15, -0.1) is 0 Å². The summed E-state index contributed by atoms with van der Waals surface area (Å²) in [4.78, 5) is 12.5. The zero-order chi connectivity index (χ0) is 44.2. The molecule has 2 atom stereocenters. The van der Waals surface area contributed by atoms with Crippen LogP contribution < -0.4 is 5.32 Å². The van der Waals surface area contributed by atoms with Crippen molar-refractivity contribution in [1.29, 1.82) is 0 Å². The maximum atomic E-state index is 12.5. The summed E-state index contributed by atoms with van der Waals surface area (Å²) in [5.74, 6) is -0.0652. The highest BCUT2D eigenvalue weighted by atomic mass is 16.3. The molecule has 0 aromatic heterocycles. The van der Waals surface area contributed by atoms with Gasteiger partial charge in [0.25, 0.3) is 0 Å². The highest BCUT2D eigenvalue weighted by Crippen LogP contribution is 2.17. The molecule has 0 fully saturated rings. The Morgan fingerprint density at radius 1 is 0.410 bits per heavy atom. The molecule has 0 heterocycles. The summed E-state index contributed by atoms with van der Waals surface area (Å²) in [6.45, 7) is 4.22. The molecule has 4 heteroatoms. The van der Waals surface area contributed by atoms with Crippen LogP contribution in [-0.4, -0.2) is 34.9 Å². The van der Waals surface area contributed by atoms with Crippen LogP contribution in [0, 0.1) is 0 Å². The number of hydrogen-bond acceptors (Lipinski definition) is 3. The van der Waals surface area contributed by atoms with Gasteiger partial charge in [-0.2, -0.15) is 0 Å². The van der Waals surface area contributed by atoms with E-state index in [2.05, 4.69) is 67.8 Å². The number of unbranched alkanes of at least 4 members (excludes halogenated alkanes) is 34. The first-order chi connectivity index (χ1) is 30.2. The highest BCUT2D eigenvalue weighted by Gasteiger charge is 2.18. The molecular formula is C57H105NO3. The number of hydrogen-bond donors (Lipinski definition) is 3. The normalized spacial score (nSPS) is 13.3. The third kappa shape index (κ3) is 49.0. The molecule has 356 valence electrons. The molecule has 0 spiro atoms. The summed E-state index contributed by atoms with van der Waals surface area (Å²) in [7, 11) is 0. The largest absolute Gasteiger partial charge is 0.394 e. The number of amides is 1.